The maximum atomic E-state index is 13.6. The normalized spacial score (nSPS) is 15.7. The topological polar surface area (TPSA) is 279 Å². The monoisotopic (exact) mass is 1470 g/mol. The van der Waals surface area contributed by atoms with E-state index in [0.29, 0.717) is 166 Å². The lowest BCUT2D eigenvalue weighted by Crippen LogP contribution is -2.35. The van der Waals surface area contributed by atoms with Gasteiger partial charge in [0.2, 0.25) is 11.8 Å². The number of methoxy groups -OCH3 is 4. The Kier molecular flexibility index (Phi) is 25.0. The Morgan fingerprint density at radius 3 is 1.33 bits per heavy atom. The third-order valence-electron chi connectivity index (χ3n) is 18.8. The molecule has 2 fully saturated rings. The van der Waals surface area contributed by atoms with E-state index in [-0.39, 0.29) is 47.7 Å². The van der Waals surface area contributed by atoms with Gasteiger partial charge in [0.15, 0.2) is 11.6 Å². The summed E-state index contributed by atoms with van der Waals surface area (Å²) in [5.41, 5.74) is 11.8. The summed E-state index contributed by atoms with van der Waals surface area (Å²) in [5, 5.41) is 20.1. The molecule has 6 N–H and O–H groups in total. The van der Waals surface area contributed by atoms with Crippen molar-refractivity contribution in [3.05, 3.63) is 163 Å². The van der Waals surface area contributed by atoms with Gasteiger partial charge >= 0.3 is 11.9 Å². The molecule has 536 valence electrons. The van der Waals surface area contributed by atoms with Crippen LogP contribution in [0.3, 0.4) is 0 Å². The van der Waals surface area contributed by atoms with E-state index in [1.807, 2.05) is 83.9 Å². The number of benzene rings is 4. The fourth-order valence-electron chi connectivity index (χ4n) is 13.3. The molecule has 4 aromatic carbocycles. The van der Waals surface area contributed by atoms with Gasteiger partial charge in [-0.2, -0.15) is 0 Å². The number of carbonyl (C=O) groups excluding carboxylic acids is 6. The number of nitrogens with zero attached hydrogens (tertiary/aromatic N) is 8. The second kappa shape index (κ2) is 34.3. The molecule has 0 unspecified atom stereocenters. The van der Waals surface area contributed by atoms with Crippen LogP contribution in [0.4, 0.5) is 11.4 Å². The predicted molar refractivity (Wildman–Crippen MR) is 392 cm³/mol. The number of fused-ring (bicyclic) bond motifs is 2. The van der Waals surface area contributed by atoms with Crippen LogP contribution < -0.4 is 41.4 Å². The molecule has 2 atom stereocenters. The Morgan fingerprint density at radius 2 is 0.951 bits per heavy atom. The standard InChI is InChI=1S/2C37H41Cl2N7O5/c2*1-45-29-14-17-46(16-5-8-32(48)51-3)21-28(29)43-36(45)37(49)44-27-7-4-6-25(33(27)38)26-13-15-41-35(34(26)39)22-9-10-23(30(18-22)50-2)19-40-20-24-11-12-31(47)42-24/h2*4,6-7,9-10,13,15,18,24,40H,5,8,11-12,14,16-17,19-21H2,1-3H3,(H,42,47)(H,44,49)/t2*24-/m00/s1. The number of hydrogen-bond acceptors (Lipinski definition) is 18. The predicted octanol–water partition coefficient (Wildman–Crippen LogP) is 10.8. The van der Waals surface area contributed by atoms with E-state index in [2.05, 4.69) is 51.7 Å². The van der Waals surface area contributed by atoms with Gasteiger partial charge in [-0.3, -0.25) is 48.5 Å². The molecule has 0 spiro atoms. The molecule has 8 heterocycles. The third kappa shape index (κ3) is 17.5. The third-order valence-corrected chi connectivity index (χ3v) is 20.4. The van der Waals surface area contributed by atoms with Crippen LogP contribution in [-0.4, -0.2) is 154 Å². The molecule has 4 amide bonds. The van der Waals surface area contributed by atoms with Crippen molar-refractivity contribution in [2.75, 3.05) is 78.3 Å². The van der Waals surface area contributed by atoms with Gasteiger partial charge in [0.25, 0.3) is 11.8 Å². The van der Waals surface area contributed by atoms with Crippen molar-refractivity contribution in [1.82, 2.24) is 60.1 Å². The zero-order chi connectivity index (χ0) is 72.1. The van der Waals surface area contributed by atoms with Crippen molar-refractivity contribution in [1.29, 1.82) is 0 Å². The lowest BCUT2D eigenvalue weighted by atomic mass is 10.0. The average Bonchev–Trinajstić information content (AvgIpc) is 1.40. The summed E-state index contributed by atoms with van der Waals surface area (Å²) < 4.78 is 24.6. The highest BCUT2D eigenvalue weighted by molar-refractivity contribution is 6.40. The first-order valence-corrected chi connectivity index (χ1v) is 35.4. The molecule has 0 radical (unpaired) electrons. The van der Waals surface area contributed by atoms with Crippen molar-refractivity contribution in [3.8, 4) is 56.3 Å². The molecule has 0 aliphatic carbocycles. The van der Waals surface area contributed by atoms with Crippen LogP contribution in [0.5, 0.6) is 11.5 Å². The smallest absolute Gasteiger partial charge is 0.305 e. The number of nitrogens with one attached hydrogen (secondary N) is 6. The first-order chi connectivity index (χ1) is 49.3. The maximum absolute atomic E-state index is 13.6. The van der Waals surface area contributed by atoms with E-state index in [9.17, 15) is 28.8 Å². The summed E-state index contributed by atoms with van der Waals surface area (Å²) in [6, 6.07) is 26.3. The number of rotatable bonds is 26. The number of imidazole rings is 2. The number of amides is 4. The second-order valence-corrected chi connectivity index (χ2v) is 26.9. The largest absolute Gasteiger partial charge is 0.496 e. The summed E-state index contributed by atoms with van der Waals surface area (Å²) >= 11 is 27.9. The highest BCUT2D eigenvalue weighted by Gasteiger charge is 2.30. The number of ether oxygens (including phenoxy) is 4. The quantitative estimate of drug-likeness (QED) is 0.0275. The first-order valence-electron chi connectivity index (χ1n) is 33.8. The molecule has 4 aromatic heterocycles. The molecule has 4 aliphatic heterocycles. The number of hydrogen-bond donors (Lipinski definition) is 6. The van der Waals surface area contributed by atoms with Crippen LogP contribution in [0.2, 0.25) is 20.1 Å². The van der Waals surface area contributed by atoms with Crippen molar-refractivity contribution in [2.45, 2.75) is 102 Å². The van der Waals surface area contributed by atoms with Gasteiger partial charge in [-0.1, -0.05) is 94.9 Å². The van der Waals surface area contributed by atoms with E-state index in [0.717, 1.165) is 96.9 Å². The van der Waals surface area contributed by atoms with Gasteiger partial charge in [0.05, 0.1) is 82.7 Å². The zero-order valence-corrected chi connectivity index (χ0v) is 60.7. The van der Waals surface area contributed by atoms with Crippen molar-refractivity contribution >= 4 is 93.3 Å². The van der Waals surface area contributed by atoms with Crippen LogP contribution in [0.1, 0.15) is 107 Å². The number of anilines is 2. The SMILES string of the molecule is COC(=O)CCCN1CCc2c(nc(C(=O)Nc3cccc(-c4ccnc(-c5ccc(CNC[C@@H]6CCC(=O)N6)c(OC)c5)c4Cl)c3Cl)n2C)C1.COC(=O)CCCN1CCc2c(nc(C(=O)Nc3cccc(-c4ccnc(-c5ccc(CNC[C@@H]6CCC(=O)N6)c(OC)c5)c4Cl)c3Cl)n2C)C1. The average molecular weight is 1470 g/mol. The lowest BCUT2D eigenvalue weighted by molar-refractivity contribution is -0.141. The molecule has 102 heavy (non-hydrogen) atoms. The summed E-state index contributed by atoms with van der Waals surface area (Å²) in [6.07, 6.45) is 9.76. The van der Waals surface area contributed by atoms with Crippen LogP contribution >= 0.6 is 46.4 Å². The lowest BCUT2D eigenvalue weighted by Gasteiger charge is -2.26. The number of carbonyl (C=O) groups is 6. The van der Waals surface area contributed by atoms with Gasteiger partial charge in [-0.25, -0.2) is 9.97 Å². The van der Waals surface area contributed by atoms with Gasteiger partial charge < -0.3 is 60.0 Å². The fourth-order valence-corrected chi connectivity index (χ4v) is 14.5. The molecule has 0 bridgehead atoms. The summed E-state index contributed by atoms with van der Waals surface area (Å²) in [7, 11) is 9.72. The molecule has 28 heteroatoms. The number of pyridine rings is 2. The number of halogens is 4. The molecule has 24 nitrogen and oxygen atoms in total. The highest BCUT2D eigenvalue weighted by atomic mass is 35.5. The van der Waals surface area contributed by atoms with E-state index >= 15 is 0 Å². The Hall–Kier alpha value is -8.98. The number of aromatic nitrogens is 6. The number of esters is 2. The van der Waals surface area contributed by atoms with Crippen molar-refractivity contribution in [2.24, 2.45) is 14.1 Å². The van der Waals surface area contributed by atoms with Crippen molar-refractivity contribution in [3.63, 3.8) is 0 Å². The highest BCUT2D eigenvalue weighted by Crippen LogP contribution is 2.44. The van der Waals surface area contributed by atoms with Crippen LogP contribution in [0.25, 0.3) is 44.8 Å². The minimum absolute atomic E-state index is 0.0927. The van der Waals surface area contributed by atoms with Crippen LogP contribution in [0, 0.1) is 0 Å². The second-order valence-electron chi connectivity index (χ2n) is 25.4. The molecule has 2 saturated heterocycles. The molecular weight excluding hydrogens is 1390 g/mol. The molecule has 0 saturated carbocycles. The van der Waals surface area contributed by atoms with Gasteiger partial charge in [0, 0.05) is 185 Å². The molecule has 12 rings (SSSR count). The minimum atomic E-state index is -0.376. The Balaban J connectivity index is 0.000000205. The maximum Gasteiger partial charge on any atom is 0.305 e. The summed E-state index contributed by atoms with van der Waals surface area (Å²) in [5.74, 6) is 0.947. The van der Waals surface area contributed by atoms with Gasteiger partial charge in [-0.15, -0.1) is 0 Å². The molecule has 4 aliphatic rings. The molecular formula is C74H82Cl4N14O10. The van der Waals surface area contributed by atoms with E-state index in [1.54, 1.807) is 50.9 Å². The summed E-state index contributed by atoms with van der Waals surface area (Å²) in [6.45, 7) is 6.81. The Morgan fingerprint density at radius 1 is 0.539 bits per heavy atom. The van der Waals surface area contributed by atoms with Crippen LogP contribution in [-0.2, 0) is 81.8 Å². The fraction of sp³-hybridized carbons (Fsp3) is 0.378. The zero-order valence-electron chi connectivity index (χ0n) is 57.7. The van der Waals surface area contributed by atoms with E-state index < -0.39 is 0 Å². The van der Waals surface area contributed by atoms with E-state index in [1.165, 1.54) is 14.2 Å². The first kappa shape index (κ1) is 74.2. The van der Waals surface area contributed by atoms with Crippen molar-refractivity contribution < 1.29 is 47.7 Å². The van der Waals surface area contributed by atoms with Gasteiger partial charge in [-0.05, 0) is 75.2 Å². The summed E-state index contributed by atoms with van der Waals surface area (Å²) in [4.78, 5) is 96.2. The minimum Gasteiger partial charge on any atom is -0.496 e. The Bertz CT molecular complexity index is 4170. The van der Waals surface area contributed by atoms with Crippen LogP contribution in [0.15, 0.2) is 97.3 Å². The van der Waals surface area contributed by atoms with Gasteiger partial charge in [0.1, 0.15) is 11.5 Å². The Labute approximate surface area is 611 Å². The molecule has 8 aromatic rings. The van der Waals surface area contributed by atoms with E-state index in [4.69, 9.17) is 75.3 Å².